The molecule has 1 aliphatic carbocycles. The minimum absolute atomic E-state index is 0.491. The quantitative estimate of drug-likeness (QED) is 0.797. The second-order valence-corrected chi connectivity index (χ2v) is 5.78. The van der Waals surface area contributed by atoms with Crippen LogP contribution in [0.1, 0.15) is 64.7 Å². The van der Waals surface area contributed by atoms with E-state index in [4.69, 9.17) is 4.74 Å². The molecule has 104 valence electrons. The molecular weight excluding hydrogens is 222 g/mol. The molecule has 1 aliphatic heterocycles. The van der Waals surface area contributed by atoms with Crippen LogP contribution in [0.25, 0.3) is 0 Å². The van der Waals surface area contributed by atoms with E-state index < -0.39 is 0 Å². The maximum atomic E-state index is 5.84. The Balaban J connectivity index is 1.96. The van der Waals surface area contributed by atoms with Gasteiger partial charge in [-0.3, -0.25) is 0 Å². The average Bonchev–Trinajstić information content (AvgIpc) is 2.85. The molecule has 2 rings (SSSR count). The first kappa shape index (κ1) is 13.9. The van der Waals surface area contributed by atoms with Crippen molar-refractivity contribution in [2.24, 2.45) is 5.92 Å². The molecule has 0 aromatic rings. The molecule has 2 aliphatic rings. The number of hydrogen-bond donors (Lipinski definition) is 1. The topological polar surface area (TPSA) is 21.3 Å². The van der Waals surface area contributed by atoms with Gasteiger partial charge in [0.05, 0.1) is 12.6 Å². The summed E-state index contributed by atoms with van der Waals surface area (Å²) in [6.45, 7) is 4.25. The van der Waals surface area contributed by atoms with Gasteiger partial charge in [-0.05, 0) is 37.8 Å². The molecular formula is C16H29NO. The van der Waals surface area contributed by atoms with E-state index in [0.29, 0.717) is 6.04 Å². The zero-order valence-electron chi connectivity index (χ0n) is 11.9. The Labute approximate surface area is 112 Å². The lowest BCUT2D eigenvalue weighted by atomic mass is 9.85. The van der Waals surface area contributed by atoms with Crippen LogP contribution in [0.5, 0.6) is 0 Å². The fourth-order valence-electron chi connectivity index (χ4n) is 3.27. The highest BCUT2D eigenvalue weighted by molar-refractivity contribution is 5.09. The summed E-state index contributed by atoms with van der Waals surface area (Å²) in [6.07, 6.45) is 14.5. The number of rotatable bonds is 5. The van der Waals surface area contributed by atoms with Crippen molar-refractivity contribution in [1.29, 1.82) is 0 Å². The monoisotopic (exact) mass is 251 g/mol. The van der Waals surface area contributed by atoms with Gasteiger partial charge in [-0.2, -0.15) is 0 Å². The molecule has 1 unspecified atom stereocenters. The fraction of sp³-hybridized carbons (Fsp3) is 0.875. The fourth-order valence-corrected chi connectivity index (χ4v) is 3.27. The van der Waals surface area contributed by atoms with Gasteiger partial charge in [-0.25, -0.2) is 0 Å². The zero-order chi connectivity index (χ0) is 12.6. The summed E-state index contributed by atoms with van der Waals surface area (Å²) in [6, 6.07) is 0.491. The first-order valence-electron chi connectivity index (χ1n) is 7.98. The van der Waals surface area contributed by atoms with Gasteiger partial charge in [0.1, 0.15) is 5.76 Å². The van der Waals surface area contributed by atoms with Crippen LogP contribution in [0.15, 0.2) is 11.8 Å². The van der Waals surface area contributed by atoms with E-state index in [0.717, 1.165) is 25.5 Å². The van der Waals surface area contributed by atoms with Crippen molar-refractivity contribution < 1.29 is 4.74 Å². The lowest BCUT2D eigenvalue weighted by molar-refractivity contribution is 0.180. The predicted octanol–water partition coefficient (Wildman–Crippen LogP) is 4.02. The van der Waals surface area contributed by atoms with Gasteiger partial charge >= 0.3 is 0 Å². The molecule has 1 heterocycles. The van der Waals surface area contributed by atoms with Crippen LogP contribution in [0.2, 0.25) is 0 Å². The lowest BCUT2D eigenvalue weighted by Gasteiger charge is -2.30. The standard InChI is InChI=1S/C16H29NO/c1-2-12-17-16(15-11-8-13-18-15)14-9-6-4-3-5-7-10-14/h11,14,16-17H,2-10,12-13H2,1H3. The SMILES string of the molecule is CCCNC(C1=CCCO1)C1CCCCCCC1. The summed E-state index contributed by atoms with van der Waals surface area (Å²) in [5, 5.41) is 3.74. The minimum atomic E-state index is 0.491. The van der Waals surface area contributed by atoms with E-state index in [-0.39, 0.29) is 0 Å². The van der Waals surface area contributed by atoms with Crippen LogP contribution in [-0.4, -0.2) is 19.2 Å². The third-order valence-corrected chi connectivity index (χ3v) is 4.27. The van der Waals surface area contributed by atoms with Crippen LogP contribution < -0.4 is 5.32 Å². The van der Waals surface area contributed by atoms with E-state index in [1.165, 1.54) is 57.1 Å². The summed E-state index contributed by atoms with van der Waals surface area (Å²) in [7, 11) is 0. The molecule has 0 saturated heterocycles. The molecule has 0 bridgehead atoms. The molecule has 0 radical (unpaired) electrons. The van der Waals surface area contributed by atoms with Crippen LogP contribution in [0.4, 0.5) is 0 Å². The van der Waals surface area contributed by atoms with Crippen LogP contribution in [0.3, 0.4) is 0 Å². The first-order valence-corrected chi connectivity index (χ1v) is 7.98. The highest BCUT2D eigenvalue weighted by Crippen LogP contribution is 2.29. The van der Waals surface area contributed by atoms with Gasteiger partial charge in [0, 0.05) is 6.42 Å². The summed E-state index contributed by atoms with van der Waals surface area (Å²) >= 11 is 0. The summed E-state index contributed by atoms with van der Waals surface area (Å²) in [5.74, 6) is 2.04. The van der Waals surface area contributed by atoms with Gasteiger partial charge in [0.15, 0.2) is 0 Å². The molecule has 0 spiro atoms. The third kappa shape index (κ3) is 4.01. The van der Waals surface area contributed by atoms with Gasteiger partial charge < -0.3 is 10.1 Å². The van der Waals surface area contributed by atoms with E-state index in [1.54, 1.807) is 0 Å². The smallest absolute Gasteiger partial charge is 0.109 e. The molecule has 1 fully saturated rings. The number of nitrogens with one attached hydrogen (secondary N) is 1. The van der Waals surface area contributed by atoms with Crippen LogP contribution >= 0.6 is 0 Å². The summed E-state index contributed by atoms with van der Waals surface area (Å²) < 4.78 is 5.84. The third-order valence-electron chi connectivity index (χ3n) is 4.27. The Morgan fingerprint density at radius 2 is 1.94 bits per heavy atom. The first-order chi connectivity index (χ1) is 8.92. The molecule has 2 heteroatoms. The molecule has 0 amide bonds. The van der Waals surface area contributed by atoms with E-state index in [2.05, 4.69) is 18.3 Å². The van der Waals surface area contributed by atoms with Crippen molar-refractivity contribution in [1.82, 2.24) is 5.32 Å². The molecule has 0 aromatic heterocycles. The lowest BCUT2D eigenvalue weighted by Crippen LogP contribution is -2.39. The Kier molecular flexibility index (Phi) is 6.06. The Morgan fingerprint density at radius 3 is 2.56 bits per heavy atom. The summed E-state index contributed by atoms with van der Waals surface area (Å²) in [5.41, 5.74) is 0. The second-order valence-electron chi connectivity index (χ2n) is 5.78. The second kappa shape index (κ2) is 7.83. The molecule has 1 N–H and O–H groups in total. The maximum absolute atomic E-state index is 5.84. The van der Waals surface area contributed by atoms with Gasteiger partial charge in [-0.15, -0.1) is 0 Å². The van der Waals surface area contributed by atoms with Crippen LogP contribution in [0, 0.1) is 5.92 Å². The summed E-state index contributed by atoms with van der Waals surface area (Å²) in [4.78, 5) is 0. The predicted molar refractivity (Wildman–Crippen MR) is 76.5 cm³/mol. The van der Waals surface area contributed by atoms with Crippen LogP contribution in [-0.2, 0) is 4.74 Å². The zero-order valence-corrected chi connectivity index (χ0v) is 11.9. The van der Waals surface area contributed by atoms with E-state index in [1.807, 2.05) is 0 Å². The Bertz CT molecular complexity index is 254. The molecule has 0 aromatic carbocycles. The Morgan fingerprint density at radius 1 is 1.22 bits per heavy atom. The minimum Gasteiger partial charge on any atom is -0.496 e. The number of ether oxygens (including phenoxy) is 1. The largest absolute Gasteiger partial charge is 0.496 e. The van der Waals surface area contributed by atoms with Crippen molar-refractivity contribution >= 4 is 0 Å². The van der Waals surface area contributed by atoms with Crippen molar-refractivity contribution in [2.75, 3.05) is 13.2 Å². The Hall–Kier alpha value is -0.500. The van der Waals surface area contributed by atoms with Crippen molar-refractivity contribution in [3.63, 3.8) is 0 Å². The van der Waals surface area contributed by atoms with Crippen molar-refractivity contribution in [3.8, 4) is 0 Å². The van der Waals surface area contributed by atoms with Crippen molar-refractivity contribution in [3.05, 3.63) is 11.8 Å². The average molecular weight is 251 g/mol. The molecule has 2 nitrogen and oxygen atoms in total. The van der Waals surface area contributed by atoms with Crippen molar-refractivity contribution in [2.45, 2.75) is 70.8 Å². The molecule has 18 heavy (non-hydrogen) atoms. The molecule has 1 saturated carbocycles. The number of hydrogen-bond acceptors (Lipinski definition) is 2. The highest BCUT2D eigenvalue weighted by atomic mass is 16.5. The highest BCUT2D eigenvalue weighted by Gasteiger charge is 2.27. The maximum Gasteiger partial charge on any atom is 0.109 e. The van der Waals surface area contributed by atoms with Gasteiger partial charge in [0.2, 0.25) is 0 Å². The van der Waals surface area contributed by atoms with Gasteiger partial charge in [0.25, 0.3) is 0 Å². The molecule has 1 atom stereocenters. The normalized spacial score (nSPS) is 23.9. The van der Waals surface area contributed by atoms with E-state index >= 15 is 0 Å². The van der Waals surface area contributed by atoms with Gasteiger partial charge in [-0.1, -0.05) is 39.0 Å². The van der Waals surface area contributed by atoms with E-state index in [9.17, 15) is 0 Å².